The first kappa shape index (κ1) is 10.8. The molecule has 3 rings (SSSR count). The third kappa shape index (κ3) is 2.17. The van der Waals surface area contributed by atoms with E-state index in [1.54, 1.807) is 0 Å². The molecular formula is C13H20N2S. The molecule has 3 heterocycles. The molecule has 88 valence electrons. The van der Waals surface area contributed by atoms with Crippen LogP contribution in [0.5, 0.6) is 0 Å². The van der Waals surface area contributed by atoms with Gasteiger partial charge in [-0.25, -0.2) is 0 Å². The van der Waals surface area contributed by atoms with Gasteiger partial charge in [-0.2, -0.15) is 0 Å². The quantitative estimate of drug-likeness (QED) is 0.838. The summed E-state index contributed by atoms with van der Waals surface area (Å²) in [5.74, 6) is 0.875. The molecule has 3 heteroatoms. The summed E-state index contributed by atoms with van der Waals surface area (Å²) in [5.41, 5.74) is 0. The van der Waals surface area contributed by atoms with E-state index in [2.05, 4.69) is 29.7 Å². The predicted octanol–water partition coefficient (Wildman–Crippen LogP) is 2.29. The SMILES string of the molecule is Cc1ccc(CNCC2CC3CCC2N3)s1. The fraction of sp³-hybridized carbons (Fsp3) is 0.692. The summed E-state index contributed by atoms with van der Waals surface area (Å²) >= 11 is 1.91. The van der Waals surface area contributed by atoms with Gasteiger partial charge in [-0.15, -0.1) is 11.3 Å². The Morgan fingerprint density at radius 3 is 3.00 bits per heavy atom. The minimum absolute atomic E-state index is 0.808. The van der Waals surface area contributed by atoms with Gasteiger partial charge in [-0.3, -0.25) is 0 Å². The highest BCUT2D eigenvalue weighted by Crippen LogP contribution is 2.32. The average molecular weight is 236 g/mol. The molecule has 1 aromatic heterocycles. The molecule has 2 saturated heterocycles. The van der Waals surface area contributed by atoms with Crippen molar-refractivity contribution >= 4 is 11.3 Å². The van der Waals surface area contributed by atoms with Crippen LogP contribution < -0.4 is 10.6 Å². The first-order valence-electron chi connectivity index (χ1n) is 6.33. The molecule has 2 aliphatic heterocycles. The molecule has 2 aliphatic rings. The second-order valence-corrected chi connectivity index (χ2v) is 6.56. The lowest BCUT2D eigenvalue weighted by Gasteiger charge is -2.20. The maximum absolute atomic E-state index is 3.69. The largest absolute Gasteiger partial charge is 0.312 e. The van der Waals surface area contributed by atoms with Gasteiger partial charge in [-0.05, 0) is 50.8 Å². The first-order chi connectivity index (χ1) is 7.81. The van der Waals surface area contributed by atoms with E-state index in [1.807, 2.05) is 11.3 Å². The lowest BCUT2D eigenvalue weighted by molar-refractivity contribution is 0.383. The Bertz CT molecular complexity index is 361. The first-order valence-corrected chi connectivity index (χ1v) is 7.15. The van der Waals surface area contributed by atoms with Crippen LogP contribution in [0, 0.1) is 12.8 Å². The summed E-state index contributed by atoms with van der Waals surface area (Å²) in [5, 5.41) is 7.31. The molecule has 3 unspecified atom stereocenters. The molecule has 0 radical (unpaired) electrons. The molecule has 2 N–H and O–H groups in total. The number of hydrogen-bond donors (Lipinski definition) is 2. The van der Waals surface area contributed by atoms with Crippen LogP contribution in [0.25, 0.3) is 0 Å². The van der Waals surface area contributed by atoms with Gasteiger partial charge in [-0.1, -0.05) is 0 Å². The van der Waals surface area contributed by atoms with Gasteiger partial charge in [0.25, 0.3) is 0 Å². The molecule has 2 nitrogen and oxygen atoms in total. The molecule has 3 atom stereocenters. The van der Waals surface area contributed by atoms with Gasteiger partial charge in [0.15, 0.2) is 0 Å². The van der Waals surface area contributed by atoms with Crippen LogP contribution in [0.2, 0.25) is 0 Å². The van der Waals surface area contributed by atoms with E-state index >= 15 is 0 Å². The van der Waals surface area contributed by atoms with E-state index in [9.17, 15) is 0 Å². The molecule has 0 spiro atoms. The molecule has 0 saturated carbocycles. The van der Waals surface area contributed by atoms with Crippen LogP contribution in [0.15, 0.2) is 12.1 Å². The van der Waals surface area contributed by atoms with Crippen molar-refractivity contribution < 1.29 is 0 Å². The van der Waals surface area contributed by atoms with E-state index in [0.29, 0.717) is 0 Å². The van der Waals surface area contributed by atoms with Crippen molar-refractivity contribution in [3.05, 3.63) is 21.9 Å². The van der Waals surface area contributed by atoms with Crippen LogP contribution >= 0.6 is 11.3 Å². The van der Waals surface area contributed by atoms with Crippen molar-refractivity contribution in [2.75, 3.05) is 6.54 Å². The second-order valence-electron chi connectivity index (χ2n) is 5.19. The zero-order chi connectivity index (χ0) is 11.0. The van der Waals surface area contributed by atoms with Gasteiger partial charge in [0.2, 0.25) is 0 Å². The standard InChI is InChI=1S/C13H20N2S/c1-9-2-4-12(16-9)8-14-7-10-6-11-3-5-13(10)15-11/h2,4,10-11,13-15H,3,5-8H2,1H3. The van der Waals surface area contributed by atoms with Crippen molar-refractivity contribution in [2.45, 2.75) is 44.8 Å². The lowest BCUT2D eigenvalue weighted by atomic mass is 9.89. The van der Waals surface area contributed by atoms with Crippen LogP contribution in [0.4, 0.5) is 0 Å². The Hall–Kier alpha value is -0.380. The molecule has 0 aromatic carbocycles. The number of fused-ring (bicyclic) bond motifs is 2. The van der Waals surface area contributed by atoms with E-state index in [1.165, 1.54) is 35.6 Å². The van der Waals surface area contributed by atoms with Crippen LogP contribution in [0.3, 0.4) is 0 Å². The number of thiophene rings is 1. The topological polar surface area (TPSA) is 24.1 Å². The van der Waals surface area contributed by atoms with Crippen LogP contribution in [0.1, 0.15) is 29.0 Å². The number of rotatable bonds is 4. The zero-order valence-corrected chi connectivity index (χ0v) is 10.6. The normalized spacial score (nSPS) is 32.4. The van der Waals surface area contributed by atoms with Crippen molar-refractivity contribution in [1.82, 2.24) is 10.6 Å². The van der Waals surface area contributed by atoms with Gasteiger partial charge in [0, 0.05) is 28.4 Å². The Balaban J connectivity index is 1.44. The van der Waals surface area contributed by atoms with E-state index in [0.717, 1.165) is 24.5 Å². The van der Waals surface area contributed by atoms with Crippen LogP contribution in [-0.2, 0) is 6.54 Å². The van der Waals surface area contributed by atoms with E-state index in [4.69, 9.17) is 0 Å². The predicted molar refractivity (Wildman–Crippen MR) is 68.8 cm³/mol. The van der Waals surface area contributed by atoms with Crippen LogP contribution in [-0.4, -0.2) is 18.6 Å². The third-order valence-electron chi connectivity index (χ3n) is 3.93. The van der Waals surface area contributed by atoms with E-state index in [-0.39, 0.29) is 0 Å². The Labute approximate surface area is 101 Å². The van der Waals surface area contributed by atoms with Gasteiger partial charge < -0.3 is 10.6 Å². The summed E-state index contributed by atoms with van der Waals surface area (Å²) < 4.78 is 0. The monoisotopic (exact) mass is 236 g/mol. The molecule has 1 aromatic rings. The minimum Gasteiger partial charge on any atom is -0.312 e. The molecular weight excluding hydrogens is 216 g/mol. The average Bonchev–Trinajstić information content (AvgIpc) is 2.94. The van der Waals surface area contributed by atoms with Gasteiger partial charge >= 0.3 is 0 Å². The Morgan fingerprint density at radius 1 is 1.44 bits per heavy atom. The third-order valence-corrected chi connectivity index (χ3v) is 4.93. The smallest absolute Gasteiger partial charge is 0.0299 e. The molecule has 2 bridgehead atoms. The zero-order valence-electron chi connectivity index (χ0n) is 9.83. The highest BCUT2D eigenvalue weighted by molar-refractivity contribution is 7.11. The summed E-state index contributed by atoms with van der Waals surface area (Å²) in [6.45, 7) is 4.41. The fourth-order valence-electron chi connectivity index (χ4n) is 3.12. The summed E-state index contributed by atoms with van der Waals surface area (Å²) in [7, 11) is 0. The molecule has 0 aliphatic carbocycles. The summed E-state index contributed by atoms with van der Waals surface area (Å²) in [6.07, 6.45) is 4.20. The molecule has 2 fully saturated rings. The highest BCUT2D eigenvalue weighted by atomic mass is 32.1. The van der Waals surface area contributed by atoms with Crippen molar-refractivity contribution in [3.63, 3.8) is 0 Å². The van der Waals surface area contributed by atoms with Gasteiger partial charge in [0.05, 0.1) is 0 Å². The van der Waals surface area contributed by atoms with Crippen molar-refractivity contribution in [2.24, 2.45) is 5.92 Å². The Kier molecular flexibility index (Phi) is 3.01. The number of aryl methyl sites for hydroxylation is 1. The number of hydrogen-bond acceptors (Lipinski definition) is 3. The molecule has 16 heavy (non-hydrogen) atoms. The lowest BCUT2D eigenvalue weighted by Crippen LogP contribution is -2.31. The summed E-state index contributed by atoms with van der Waals surface area (Å²) in [6, 6.07) is 6.09. The maximum atomic E-state index is 3.69. The number of nitrogens with one attached hydrogen (secondary N) is 2. The van der Waals surface area contributed by atoms with E-state index < -0.39 is 0 Å². The van der Waals surface area contributed by atoms with Crippen molar-refractivity contribution in [3.8, 4) is 0 Å². The fourth-order valence-corrected chi connectivity index (χ4v) is 3.98. The summed E-state index contributed by atoms with van der Waals surface area (Å²) in [4.78, 5) is 2.88. The second kappa shape index (κ2) is 4.47. The molecule has 0 amide bonds. The van der Waals surface area contributed by atoms with Gasteiger partial charge in [0.1, 0.15) is 0 Å². The minimum atomic E-state index is 0.808. The van der Waals surface area contributed by atoms with Crippen molar-refractivity contribution in [1.29, 1.82) is 0 Å². The Morgan fingerprint density at radius 2 is 2.38 bits per heavy atom. The maximum Gasteiger partial charge on any atom is 0.0299 e. The highest BCUT2D eigenvalue weighted by Gasteiger charge is 2.38.